The van der Waals surface area contributed by atoms with Crippen LogP contribution in [0, 0.1) is 0 Å². The van der Waals surface area contributed by atoms with E-state index in [1.807, 2.05) is 4.90 Å². The Bertz CT molecular complexity index is 491. The molecule has 21 heavy (non-hydrogen) atoms. The summed E-state index contributed by atoms with van der Waals surface area (Å²) in [7, 11) is 0. The second-order valence-corrected chi connectivity index (χ2v) is 6.67. The molecule has 1 aliphatic heterocycles. The van der Waals surface area contributed by atoms with Crippen molar-refractivity contribution in [3.05, 3.63) is 11.1 Å². The molecule has 1 saturated heterocycles. The lowest BCUT2D eigenvalue weighted by molar-refractivity contribution is -0.116. The molecule has 1 atom stereocenters. The fourth-order valence-corrected chi connectivity index (χ4v) is 3.68. The van der Waals surface area contributed by atoms with Gasteiger partial charge in [0.05, 0.1) is 5.69 Å². The molecule has 5 nitrogen and oxygen atoms in total. The number of halogens is 1. The van der Waals surface area contributed by atoms with Crippen molar-refractivity contribution < 1.29 is 4.79 Å². The Kier molecular flexibility index (Phi) is 5.60. The van der Waals surface area contributed by atoms with Crippen LogP contribution in [-0.2, 0) is 11.3 Å². The zero-order valence-electron chi connectivity index (χ0n) is 12.5. The molecule has 1 saturated carbocycles. The molecule has 3 rings (SSSR count). The first-order valence-corrected chi connectivity index (χ1v) is 8.21. The Morgan fingerprint density at radius 1 is 1.57 bits per heavy atom. The minimum absolute atomic E-state index is 0. The molecule has 1 aliphatic carbocycles. The Labute approximate surface area is 136 Å². The molecule has 1 aromatic heterocycles. The van der Waals surface area contributed by atoms with Gasteiger partial charge in [-0.15, -0.1) is 23.7 Å². The molecule has 0 radical (unpaired) electrons. The number of amides is 1. The summed E-state index contributed by atoms with van der Waals surface area (Å²) in [5.74, 6) is 0.115. The maximum atomic E-state index is 11.7. The van der Waals surface area contributed by atoms with Gasteiger partial charge in [-0.3, -0.25) is 14.6 Å². The first-order valence-electron chi connectivity index (χ1n) is 7.33. The zero-order chi connectivity index (χ0) is 14.1. The van der Waals surface area contributed by atoms with E-state index in [1.165, 1.54) is 0 Å². The average molecular weight is 331 g/mol. The van der Waals surface area contributed by atoms with Crippen LogP contribution in [0.4, 0.5) is 5.13 Å². The fourth-order valence-electron chi connectivity index (χ4n) is 2.75. The summed E-state index contributed by atoms with van der Waals surface area (Å²) >= 11 is 1.60. The summed E-state index contributed by atoms with van der Waals surface area (Å²) in [6.07, 6.45) is 2.23. The van der Waals surface area contributed by atoms with Crippen molar-refractivity contribution in [2.45, 2.75) is 45.3 Å². The maximum absolute atomic E-state index is 11.7. The molecule has 1 aromatic rings. The Balaban J connectivity index is 0.00000161. The number of nitrogens with zero attached hydrogens (tertiary/aromatic N) is 3. The van der Waals surface area contributed by atoms with E-state index in [2.05, 4.69) is 27.5 Å². The SMILES string of the molecule is CC(=O)N(c1nc(CN2CCN[C@H](C)C2)cs1)C1CC1.Cl. The number of carbonyl (C=O) groups excluding carboxylic acids is 1. The van der Waals surface area contributed by atoms with E-state index in [1.54, 1.807) is 18.3 Å². The highest BCUT2D eigenvalue weighted by molar-refractivity contribution is 7.14. The van der Waals surface area contributed by atoms with Crippen LogP contribution in [-0.4, -0.2) is 47.5 Å². The molecular weight excluding hydrogens is 308 g/mol. The van der Waals surface area contributed by atoms with Gasteiger partial charge >= 0.3 is 0 Å². The normalized spacial score (nSPS) is 22.7. The molecule has 0 aromatic carbocycles. The van der Waals surface area contributed by atoms with Crippen LogP contribution < -0.4 is 10.2 Å². The number of carbonyl (C=O) groups is 1. The molecule has 2 aliphatic rings. The standard InChI is InChI=1S/C14H22N4OS.ClH/c1-10-7-17(6-5-15-10)8-12-9-20-14(16-12)18(11(2)19)13-3-4-13;/h9-10,13,15H,3-8H2,1-2H3;1H/t10-;/m1./s1. The molecular formula is C14H23ClN4OS. The van der Waals surface area contributed by atoms with E-state index >= 15 is 0 Å². The molecule has 0 spiro atoms. The molecule has 0 unspecified atom stereocenters. The highest BCUT2D eigenvalue weighted by Crippen LogP contribution is 2.33. The van der Waals surface area contributed by atoms with Gasteiger partial charge in [0.15, 0.2) is 5.13 Å². The van der Waals surface area contributed by atoms with E-state index in [9.17, 15) is 4.79 Å². The van der Waals surface area contributed by atoms with Crippen LogP contribution in [0.15, 0.2) is 5.38 Å². The number of thiazole rings is 1. The number of hydrogen-bond donors (Lipinski definition) is 1. The van der Waals surface area contributed by atoms with Gasteiger partial charge in [0, 0.05) is 50.6 Å². The summed E-state index contributed by atoms with van der Waals surface area (Å²) in [6, 6.07) is 0.938. The minimum Gasteiger partial charge on any atom is -0.312 e. The summed E-state index contributed by atoms with van der Waals surface area (Å²) < 4.78 is 0. The van der Waals surface area contributed by atoms with Crippen molar-refractivity contribution >= 4 is 34.8 Å². The summed E-state index contributed by atoms with van der Waals surface area (Å²) in [6.45, 7) is 7.90. The largest absolute Gasteiger partial charge is 0.312 e. The topological polar surface area (TPSA) is 48.5 Å². The lowest BCUT2D eigenvalue weighted by Gasteiger charge is -2.31. The highest BCUT2D eigenvalue weighted by atomic mass is 35.5. The van der Waals surface area contributed by atoms with Gasteiger partial charge in [-0.25, -0.2) is 4.98 Å². The van der Waals surface area contributed by atoms with Crippen molar-refractivity contribution in [2.24, 2.45) is 0 Å². The van der Waals surface area contributed by atoms with Gasteiger partial charge in [0.2, 0.25) is 5.91 Å². The summed E-state index contributed by atoms with van der Waals surface area (Å²) in [5.41, 5.74) is 1.09. The predicted molar refractivity (Wildman–Crippen MR) is 88.3 cm³/mol. The number of anilines is 1. The van der Waals surface area contributed by atoms with Gasteiger partial charge in [-0.2, -0.15) is 0 Å². The third kappa shape index (κ3) is 4.16. The maximum Gasteiger partial charge on any atom is 0.225 e. The van der Waals surface area contributed by atoms with Gasteiger partial charge in [-0.05, 0) is 19.8 Å². The van der Waals surface area contributed by atoms with Gasteiger partial charge in [0.1, 0.15) is 0 Å². The predicted octanol–water partition coefficient (Wildman–Crippen LogP) is 1.87. The summed E-state index contributed by atoms with van der Waals surface area (Å²) in [5, 5.41) is 6.42. The van der Waals surface area contributed by atoms with Crippen LogP contribution in [0.25, 0.3) is 0 Å². The van der Waals surface area contributed by atoms with Crippen molar-refractivity contribution in [3.63, 3.8) is 0 Å². The first kappa shape index (κ1) is 16.7. The Morgan fingerprint density at radius 3 is 2.95 bits per heavy atom. The van der Waals surface area contributed by atoms with Gasteiger partial charge in [0.25, 0.3) is 0 Å². The third-order valence-electron chi connectivity index (χ3n) is 3.84. The smallest absolute Gasteiger partial charge is 0.225 e. The number of hydrogen-bond acceptors (Lipinski definition) is 5. The lowest BCUT2D eigenvalue weighted by Crippen LogP contribution is -2.48. The molecule has 2 heterocycles. The van der Waals surface area contributed by atoms with Gasteiger partial charge < -0.3 is 5.32 Å². The zero-order valence-corrected chi connectivity index (χ0v) is 14.2. The van der Waals surface area contributed by atoms with Crippen molar-refractivity contribution in [1.29, 1.82) is 0 Å². The minimum atomic E-state index is 0. The van der Waals surface area contributed by atoms with E-state index in [4.69, 9.17) is 0 Å². The van der Waals surface area contributed by atoms with E-state index in [0.717, 1.165) is 49.8 Å². The quantitative estimate of drug-likeness (QED) is 0.915. The van der Waals surface area contributed by atoms with E-state index in [0.29, 0.717) is 12.1 Å². The van der Waals surface area contributed by atoms with Crippen LogP contribution >= 0.6 is 23.7 Å². The van der Waals surface area contributed by atoms with E-state index in [-0.39, 0.29) is 18.3 Å². The van der Waals surface area contributed by atoms with Crippen molar-refractivity contribution in [1.82, 2.24) is 15.2 Å². The molecule has 2 fully saturated rings. The molecule has 1 N–H and O–H groups in total. The molecule has 7 heteroatoms. The molecule has 0 bridgehead atoms. The van der Waals surface area contributed by atoms with Crippen LogP contribution in [0.2, 0.25) is 0 Å². The van der Waals surface area contributed by atoms with Crippen LogP contribution in [0.1, 0.15) is 32.4 Å². The first-order chi connectivity index (χ1) is 9.63. The Morgan fingerprint density at radius 2 is 2.33 bits per heavy atom. The monoisotopic (exact) mass is 330 g/mol. The second kappa shape index (κ2) is 7.05. The van der Waals surface area contributed by atoms with Crippen LogP contribution in [0.3, 0.4) is 0 Å². The second-order valence-electron chi connectivity index (χ2n) is 5.83. The van der Waals surface area contributed by atoms with Crippen molar-refractivity contribution in [3.8, 4) is 0 Å². The third-order valence-corrected chi connectivity index (χ3v) is 4.72. The number of aromatic nitrogens is 1. The van der Waals surface area contributed by atoms with Gasteiger partial charge in [-0.1, -0.05) is 0 Å². The molecule has 118 valence electrons. The van der Waals surface area contributed by atoms with Crippen LogP contribution in [0.5, 0.6) is 0 Å². The number of nitrogens with one attached hydrogen (secondary N) is 1. The van der Waals surface area contributed by atoms with Crippen molar-refractivity contribution in [2.75, 3.05) is 24.5 Å². The fraction of sp³-hybridized carbons (Fsp3) is 0.714. The lowest BCUT2D eigenvalue weighted by atomic mass is 10.2. The average Bonchev–Trinajstić information content (AvgIpc) is 3.10. The summed E-state index contributed by atoms with van der Waals surface area (Å²) in [4.78, 5) is 20.7. The number of piperazine rings is 1. The molecule has 1 amide bonds. The Hall–Kier alpha value is -0.690. The number of rotatable bonds is 4. The van der Waals surface area contributed by atoms with E-state index < -0.39 is 0 Å². The highest BCUT2D eigenvalue weighted by Gasteiger charge is 2.33.